The predicted molar refractivity (Wildman–Crippen MR) is 194 cm³/mol. The van der Waals surface area contributed by atoms with Gasteiger partial charge in [-0.3, -0.25) is 0 Å². The van der Waals surface area contributed by atoms with Crippen LogP contribution in [0, 0.1) is 0 Å². The summed E-state index contributed by atoms with van der Waals surface area (Å²) >= 11 is 1.81. The maximum atomic E-state index is 6.55. The van der Waals surface area contributed by atoms with Crippen LogP contribution in [0.1, 0.15) is 0 Å². The SMILES string of the molecule is c1ccc2c(c1)oc1cc(-c3ccc4c(c3)c3ccccc3n4-c3ccc4oc5c(ccc6c7ccccc7sc65)c4c3)ccc12. The van der Waals surface area contributed by atoms with E-state index in [9.17, 15) is 0 Å². The molecule has 0 atom stereocenters. The molecule has 0 aliphatic heterocycles. The lowest BCUT2D eigenvalue weighted by molar-refractivity contribution is 0.669. The van der Waals surface area contributed by atoms with Crippen LogP contribution >= 0.6 is 11.3 Å². The summed E-state index contributed by atoms with van der Waals surface area (Å²) in [4.78, 5) is 0. The monoisotopic (exact) mass is 605 g/mol. The molecule has 4 heteroatoms. The second-order valence-electron chi connectivity index (χ2n) is 12.1. The summed E-state index contributed by atoms with van der Waals surface area (Å²) in [5, 5.41) is 9.58. The van der Waals surface area contributed by atoms with E-state index in [0.29, 0.717) is 0 Å². The van der Waals surface area contributed by atoms with Crippen molar-refractivity contribution >= 4 is 97.2 Å². The average molecular weight is 606 g/mol. The van der Waals surface area contributed by atoms with Crippen LogP contribution in [-0.2, 0) is 0 Å². The van der Waals surface area contributed by atoms with Gasteiger partial charge in [0.25, 0.3) is 0 Å². The number of furan rings is 2. The van der Waals surface area contributed by atoms with Crippen LogP contribution in [0.4, 0.5) is 0 Å². The van der Waals surface area contributed by atoms with E-state index in [1.807, 2.05) is 23.5 Å². The summed E-state index contributed by atoms with van der Waals surface area (Å²) in [5.41, 5.74) is 9.50. The van der Waals surface area contributed by atoms with Crippen molar-refractivity contribution in [3.8, 4) is 16.8 Å². The fourth-order valence-corrected chi connectivity index (χ4v) is 8.67. The van der Waals surface area contributed by atoms with Crippen molar-refractivity contribution in [3.05, 3.63) is 140 Å². The number of rotatable bonds is 2. The number of fused-ring (bicyclic) bond motifs is 13. The molecule has 4 heterocycles. The average Bonchev–Trinajstić information content (AvgIpc) is 3.86. The molecular formula is C42H23NO2S. The topological polar surface area (TPSA) is 31.2 Å². The maximum absolute atomic E-state index is 6.55. The standard InChI is InChI=1S/C42H23NO2S/c1-4-10-35-27(7-1)33-21-24(25-13-16-29-28-8-2-5-11-37(28)44-39(29)22-25)14-19-36(33)43(35)26-15-20-38-34(23-26)31-17-18-32-30-9-3-6-12-40(30)46-42(32)41(31)45-38/h1-23H. The van der Waals surface area contributed by atoms with E-state index in [-0.39, 0.29) is 0 Å². The maximum Gasteiger partial charge on any atom is 0.153 e. The Balaban J connectivity index is 1.11. The molecule has 3 nitrogen and oxygen atoms in total. The Kier molecular flexibility index (Phi) is 4.72. The summed E-state index contributed by atoms with van der Waals surface area (Å²) in [6.45, 7) is 0. The predicted octanol–water partition coefficient (Wildman–Crippen LogP) is 12.6. The van der Waals surface area contributed by atoms with Crippen LogP contribution in [0.15, 0.2) is 148 Å². The second-order valence-corrected chi connectivity index (χ2v) is 13.1. The zero-order chi connectivity index (χ0) is 29.9. The van der Waals surface area contributed by atoms with E-state index in [2.05, 4.69) is 132 Å². The Morgan fingerprint density at radius 3 is 2.07 bits per heavy atom. The van der Waals surface area contributed by atoms with Gasteiger partial charge in [0.15, 0.2) is 5.58 Å². The van der Waals surface area contributed by atoms with Crippen molar-refractivity contribution in [2.45, 2.75) is 0 Å². The zero-order valence-electron chi connectivity index (χ0n) is 24.5. The first-order valence-electron chi connectivity index (χ1n) is 15.5. The highest BCUT2D eigenvalue weighted by atomic mass is 32.1. The summed E-state index contributed by atoms with van der Waals surface area (Å²) in [6.07, 6.45) is 0. The number of benzene rings is 7. The first-order chi connectivity index (χ1) is 22.8. The third kappa shape index (κ3) is 3.26. The highest BCUT2D eigenvalue weighted by Crippen LogP contribution is 2.43. The van der Waals surface area contributed by atoms with Crippen LogP contribution in [-0.4, -0.2) is 4.57 Å². The molecular weight excluding hydrogens is 583 g/mol. The van der Waals surface area contributed by atoms with Gasteiger partial charge in [-0.25, -0.2) is 0 Å². The van der Waals surface area contributed by atoms with Crippen LogP contribution in [0.5, 0.6) is 0 Å². The molecule has 0 bridgehead atoms. The molecule has 7 aromatic carbocycles. The molecule has 11 rings (SSSR count). The largest absolute Gasteiger partial charge is 0.456 e. The van der Waals surface area contributed by atoms with Crippen LogP contribution < -0.4 is 0 Å². The fourth-order valence-electron chi connectivity index (χ4n) is 7.48. The highest BCUT2D eigenvalue weighted by Gasteiger charge is 2.18. The van der Waals surface area contributed by atoms with Gasteiger partial charge in [0, 0.05) is 53.5 Å². The molecule has 0 N–H and O–H groups in total. The van der Waals surface area contributed by atoms with E-state index in [1.165, 1.54) is 47.5 Å². The first kappa shape index (κ1) is 24.5. The quantitative estimate of drug-likeness (QED) is 0.196. The van der Waals surface area contributed by atoms with E-state index in [4.69, 9.17) is 8.83 Å². The lowest BCUT2D eigenvalue weighted by Crippen LogP contribution is -1.93. The first-order valence-corrected chi connectivity index (χ1v) is 16.3. The van der Waals surface area contributed by atoms with Gasteiger partial charge in [0.1, 0.15) is 16.7 Å². The summed E-state index contributed by atoms with van der Waals surface area (Å²) in [5.74, 6) is 0. The molecule has 0 unspecified atom stereocenters. The Morgan fingerprint density at radius 1 is 0.413 bits per heavy atom. The van der Waals surface area contributed by atoms with Gasteiger partial charge >= 0.3 is 0 Å². The molecule has 0 radical (unpaired) electrons. The summed E-state index contributed by atoms with van der Waals surface area (Å²) in [7, 11) is 0. The molecule has 4 aromatic heterocycles. The fraction of sp³-hybridized carbons (Fsp3) is 0. The van der Waals surface area contributed by atoms with Gasteiger partial charge in [-0.05, 0) is 77.9 Å². The summed E-state index contributed by atoms with van der Waals surface area (Å²) < 4.78 is 17.6. The highest BCUT2D eigenvalue weighted by molar-refractivity contribution is 7.26. The van der Waals surface area contributed by atoms with Crippen LogP contribution in [0.2, 0.25) is 0 Å². The molecule has 0 saturated carbocycles. The lowest BCUT2D eigenvalue weighted by atomic mass is 10.0. The van der Waals surface area contributed by atoms with Gasteiger partial charge in [-0.1, -0.05) is 72.8 Å². The van der Waals surface area contributed by atoms with E-state index >= 15 is 0 Å². The minimum atomic E-state index is 0.910. The Hall–Kier alpha value is -5.84. The molecule has 0 aliphatic rings. The molecule has 0 spiro atoms. The molecule has 214 valence electrons. The summed E-state index contributed by atoms with van der Waals surface area (Å²) in [6, 6.07) is 50.0. The minimum absolute atomic E-state index is 0.910. The van der Waals surface area contributed by atoms with Gasteiger partial charge < -0.3 is 13.4 Å². The van der Waals surface area contributed by atoms with Crippen molar-refractivity contribution in [3.63, 3.8) is 0 Å². The van der Waals surface area contributed by atoms with Crippen LogP contribution in [0.3, 0.4) is 0 Å². The molecule has 0 saturated heterocycles. The number of nitrogens with zero attached hydrogens (tertiary/aromatic N) is 1. The van der Waals surface area contributed by atoms with E-state index < -0.39 is 0 Å². The van der Waals surface area contributed by atoms with Gasteiger partial charge in [-0.2, -0.15) is 0 Å². The van der Waals surface area contributed by atoms with Crippen molar-refractivity contribution < 1.29 is 8.83 Å². The van der Waals surface area contributed by atoms with Crippen molar-refractivity contribution in [1.29, 1.82) is 0 Å². The second kappa shape index (κ2) is 8.87. The Bertz CT molecular complexity index is 3040. The van der Waals surface area contributed by atoms with Crippen molar-refractivity contribution in [1.82, 2.24) is 4.57 Å². The van der Waals surface area contributed by atoms with Gasteiger partial charge in [0.05, 0.1) is 15.7 Å². The Labute approximate surface area is 266 Å². The smallest absolute Gasteiger partial charge is 0.153 e. The van der Waals surface area contributed by atoms with E-state index in [1.54, 1.807) is 0 Å². The third-order valence-electron chi connectivity index (χ3n) is 9.61. The molecule has 0 fully saturated rings. The lowest BCUT2D eigenvalue weighted by Gasteiger charge is -2.09. The molecule has 0 amide bonds. The number of aromatic nitrogens is 1. The van der Waals surface area contributed by atoms with Gasteiger partial charge in [0.2, 0.25) is 0 Å². The number of para-hydroxylation sites is 2. The van der Waals surface area contributed by atoms with Gasteiger partial charge in [-0.15, -0.1) is 11.3 Å². The Morgan fingerprint density at radius 2 is 1.11 bits per heavy atom. The van der Waals surface area contributed by atoms with Crippen LogP contribution in [0.25, 0.3) is 103 Å². The van der Waals surface area contributed by atoms with Crippen molar-refractivity contribution in [2.75, 3.05) is 0 Å². The van der Waals surface area contributed by atoms with E-state index in [0.717, 1.165) is 55.1 Å². The molecule has 46 heavy (non-hydrogen) atoms. The van der Waals surface area contributed by atoms with Crippen molar-refractivity contribution in [2.24, 2.45) is 0 Å². The number of hydrogen-bond donors (Lipinski definition) is 0. The zero-order valence-corrected chi connectivity index (χ0v) is 25.3. The number of hydrogen-bond acceptors (Lipinski definition) is 3. The molecule has 11 aromatic rings. The normalized spacial score (nSPS) is 12.3. The third-order valence-corrected chi connectivity index (χ3v) is 10.8. The molecule has 0 aliphatic carbocycles. The number of thiophene rings is 1. The minimum Gasteiger partial charge on any atom is -0.456 e.